The van der Waals surface area contributed by atoms with Crippen molar-refractivity contribution in [2.45, 2.75) is 36.9 Å². The van der Waals surface area contributed by atoms with Gasteiger partial charge in [-0.3, -0.25) is 14.6 Å². The predicted molar refractivity (Wildman–Crippen MR) is 102 cm³/mol. The zero-order valence-corrected chi connectivity index (χ0v) is 16.1. The molecule has 2 amide bonds. The summed E-state index contributed by atoms with van der Waals surface area (Å²) in [5.74, 6) is -1.04. The van der Waals surface area contributed by atoms with Crippen LogP contribution >= 0.6 is 11.6 Å². The molecule has 0 saturated heterocycles. The van der Waals surface area contributed by atoms with Crippen LogP contribution in [0.15, 0.2) is 36.5 Å². The van der Waals surface area contributed by atoms with E-state index in [0.29, 0.717) is 24.8 Å². The molecular formula is C20H19ClFN3O4. The summed E-state index contributed by atoms with van der Waals surface area (Å²) in [6.07, 6.45) is 3.36. The lowest BCUT2D eigenvalue weighted by atomic mass is 9.44. The molecule has 0 spiro atoms. The minimum atomic E-state index is -0.612. The maximum absolute atomic E-state index is 13.4. The van der Waals surface area contributed by atoms with Gasteiger partial charge < -0.3 is 20.5 Å². The van der Waals surface area contributed by atoms with Crippen LogP contribution in [-0.4, -0.2) is 39.6 Å². The van der Waals surface area contributed by atoms with E-state index in [2.05, 4.69) is 15.6 Å². The van der Waals surface area contributed by atoms with Crippen LogP contribution in [0.5, 0.6) is 5.75 Å². The minimum Gasteiger partial charge on any atom is -0.484 e. The Balaban J connectivity index is 1.26. The number of pyridine rings is 1. The second kappa shape index (κ2) is 7.27. The van der Waals surface area contributed by atoms with Gasteiger partial charge in [-0.2, -0.15) is 0 Å². The summed E-state index contributed by atoms with van der Waals surface area (Å²) < 4.78 is 18.7. The summed E-state index contributed by atoms with van der Waals surface area (Å²) in [5, 5.41) is 15.2. The molecule has 0 radical (unpaired) electrons. The van der Waals surface area contributed by atoms with Crippen molar-refractivity contribution in [3.05, 3.63) is 58.6 Å². The Bertz CT molecular complexity index is 964. The van der Waals surface area contributed by atoms with Crippen LogP contribution < -0.4 is 15.4 Å². The summed E-state index contributed by atoms with van der Waals surface area (Å²) in [5.41, 5.74) is -0.0192. The maximum atomic E-state index is 13.4. The summed E-state index contributed by atoms with van der Waals surface area (Å²) in [7, 11) is 0. The van der Waals surface area contributed by atoms with Crippen LogP contribution in [0.1, 0.15) is 35.3 Å². The number of hydrogen-bond acceptors (Lipinski definition) is 5. The molecule has 7 nitrogen and oxygen atoms in total. The topological polar surface area (TPSA) is 101 Å². The Labute approximate surface area is 171 Å². The first kappa shape index (κ1) is 19.6. The van der Waals surface area contributed by atoms with E-state index in [4.69, 9.17) is 16.3 Å². The van der Waals surface area contributed by atoms with Crippen LogP contribution in [0.2, 0.25) is 5.02 Å². The van der Waals surface area contributed by atoms with E-state index in [1.54, 1.807) is 12.1 Å². The van der Waals surface area contributed by atoms with Crippen molar-refractivity contribution in [2.24, 2.45) is 0 Å². The monoisotopic (exact) mass is 419 g/mol. The average molecular weight is 420 g/mol. The van der Waals surface area contributed by atoms with E-state index >= 15 is 0 Å². The van der Waals surface area contributed by atoms with Crippen LogP contribution in [-0.2, 0) is 11.4 Å². The van der Waals surface area contributed by atoms with Crippen molar-refractivity contribution in [1.29, 1.82) is 0 Å². The fourth-order valence-electron chi connectivity index (χ4n) is 4.17. The molecule has 3 fully saturated rings. The molecule has 0 unspecified atom stereocenters. The van der Waals surface area contributed by atoms with Gasteiger partial charge in [0.05, 0.1) is 11.6 Å². The van der Waals surface area contributed by atoms with Crippen molar-refractivity contribution in [3.8, 4) is 5.75 Å². The summed E-state index contributed by atoms with van der Waals surface area (Å²) in [4.78, 5) is 28.7. The number of aromatic nitrogens is 1. The van der Waals surface area contributed by atoms with Crippen molar-refractivity contribution < 1.29 is 23.8 Å². The molecule has 5 rings (SSSR count). The third kappa shape index (κ3) is 3.77. The third-order valence-electron chi connectivity index (χ3n) is 5.35. The van der Waals surface area contributed by atoms with Gasteiger partial charge >= 0.3 is 0 Å². The molecule has 0 atom stereocenters. The van der Waals surface area contributed by atoms with Gasteiger partial charge in [0.1, 0.15) is 17.3 Å². The van der Waals surface area contributed by atoms with Gasteiger partial charge in [0.2, 0.25) is 0 Å². The number of halogens is 2. The summed E-state index contributed by atoms with van der Waals surface area (Å²) in [6, 6.07) is 7.29. The second-order valence-electron chi connectivity index (χ2n) is 7.63. The maximum Gasteiger partial charge on any atom is 0.270 e. The highest BCUT2D eigenvalue weighted by atomic mass is 35.5. The molecule has 152 valence electrons. The number of aliphatic hydroxyl groups excluding tert-OH is 1. The van der Waals surface area contributed by atoms with Crippen LogP contribution in [0.3, 0.4) is 0 Å². The molecule has 1 heterocycles. The van der Waals surface area contributed by atoms with Gasteiger partial charge in [0.15, 0.2) is 6.61 Å². The van der Waals surface area contributed by atoms with E-state index < -0.39 is 5.82 Å². The van der Waals surface area contributed by atoms with Crippen LogP contribution in [0.4, 0.5) is 4.39 Å². The first-order chi connectivity index (χ1) is 13.8. The highest BCUT2D eigenvalue weighted by molar-refractivity contribution is 6.30. The van der Waals surface area contributed by atoms with Crippen molar-refractivity contribution >= 4 is 23.4 Å². The minimum absolute atomic E-state index is 0.0141. The van der Waals surface area contributed by atoms with Gasteiger partial charge in [-0.05, 0) is 37.5 Å². The molecule has 3 N–H and O–H groups in total. The van der Waals surface area contributed by atoms with E-state index in [1.807, 2.05) is 0 Å². The number of aliphatic hydroxyl groups is 1. The molecule has 2 aromatic rings. The number of amides is 2. The first-order valence-electron chi connectivity index (χ1n) is 9.10. The first-order valence-corrected chi connectivity index (χ1v) is 9.48. The van der Waals surface area contributed by atoms with Crippen LogP contribution in [0, 0.1) is 5.82 Å². The predicted octanol–water partition coefficient (Wildman–Crippen LogP) is 1.97. The largest absolute Gasteiger partial charge is 0.484 e. The number of benzene rings is 1. The molecule has 9 heteroatoms. The van der Waals surface area contributed by atoms with E-state index in [0.717, 1.165) is 6.07 Å². The normalized spacial score (nSPS) is 24.1. The molecule has 1 aromatic heterocycles. The number of hydrogen-bond donors (Lipinski definition) is 3. The van der Waals surface area contributed by atoms with Crippen molar-refractivity contribution in [3.63, 3.8) is 0 Å². The average Bonchev–Trinajstić information content (AvgIpc) is 2.66. The zero-order chi connectivity index (χ0) is 20.6. The second-order valence-corrected chi connectivity index (χ2v) is 8.03. The number of carbonyl (C=O) groups is 2. The van der Waals surface area contributed by atoms with Gasteiger partial charge in [0, 0.05) is 28.9 Å². The Morgan fingerprint density at radius 2 is 1.93 bits per heavy atom. The lowest BCUT2D eigenvalue weighted by Crippen LogP contribution is -2.84. The van der Waals surface area contributed by atoms with Crippen molar-refractivity contribution in [2.75, 3.05) is 6.61 Å². The Hall–Kier alpha value is -2.71. The Morgan fingerprint density at radius 1 is 1.21 bits per heavy atom. The molecule has 0 aliphatic heterocycles. The molecule has 1 aromatic carbocycles. The summed E-state index contributed by atoms with van der Waals surface area (Å²) >= 11 is 5.61. The fraction of sp³-hybridized carbons (Fsp3) is 0.350. The third-order valence-corrected chi connectivity index (χ3v) is 5.66. The number of nitrogens with one attached hydrogen (secondary N) is 2. The lowest BCUT2D eigenvalue weighted by molar-refractivity contribution is -0.141. The highest BCUT2D eigenvalue weighted by Crippen LogP contribution is 2.60. The van der Waals surface area contributed by atoms with Gasteiger partial charge in [-0.25, -0.2) is 4.39 Å². The Morgan fingerprint density at radius 3 is 2.62 bits per heavy atom. The quantitative estimate of drug-likeness (QED) is 0.637. The number of nitrogens with zero attached hydrogens (tertiary/aromatic N) is 1. The number of rotatable bonds is 7. The van der Waals surface area contributed by atoms with Crippen LogP contribution in [0.25, 0.3) is 0 Å². The zero-order valence-electron chi connectivity index (χ0n) is 15.4. The number of ether oxygens (including phenoxy) is 1. The fourth-order valence-corrected chi connectivity index (χ4v) is 4.29. The van der Waals surface area contributed by atoms with Gasteiger partial charge in [0.25, 0.3) is 11.8 Å². The Kier molecular flexibility index (Phi) is 4.92. The van der Waals surface area contributed by atoms with E-state index in [9.17, 15) is 19.1 Å². The standard InChI is InChI=1S/C20H19ClFN3O4/c21-14-4-3-13(6-15(14)22)29-8-16(27)24-19-9-20(10-19,11-19)25-18(28)17-12(7-26)2-1-5-23-17/h1-6,26H,7-11H2,(H,24,27)(H,25,28). The van der Waals surface area contributed by atoms with Gasteiger partial charge in [-0.1, -0.05) is 17.7 Å². The molecule has 3 saturated carbocycles. The smallest absolute Gasteiger partial charge is 0.270 e. The SMILES string of the molecule is O=C(COc1ccc(Cl)c(F)c1)NC12CC(NC(=O)c3ncccc3CO)(C1)C2. The van der Waals surface area contributed by atoms with Gasteiger partial charge in [-0.15, -0.1) is 0 Å². The molecule has 3 aliphatic rings. The highest BCUT2D eigenvalue weighted by Gasteiger charge is 2.69. The number of carbonyl (C=O) groups excluding carboxylic acids is 2. The molecule has 29 heavy (non-hydrogen) atoms. The molecular weight excluding hydrogens is 401 g/mol. The molecule has 2 bridgehead atoms. The lowest BCUT2D eigenvalue weighted by Gasteiger charge is -2.70. The van der Waals surface area contributed by atoms with E-state index in [-0.39, 0.29) is 52.6 Å². The van der Waals surface area contributed by atoms with E-state index in [1.165, 1.54) is 18.3 Å². The van der Waals surface area contributed by atoms with Crippen molar-refractivity contribution in [1.82, 2.24) is 15.6 Å². The summed E-state index contributed by atoms with van der Waals surface area (Å²) in [6.45, 7) is -0.503. The molecule has 3 aliphatic carbocycles.